The molecule has 3 aromatic rings. The van der Waals surface area contributed by atoms with Gasteiger partial charge in [0.1, 0.15) is 11.5 Å². The number of hydrogen-bond acceptors (Lipinski definition) is 5. The molecule has 0 atom stereocenters. The SMILES string of the molecule is CCc1ccc(C=Nn2c(-c3ccc(OC)cc3OC)csc2=NC(C)C)cc1. The van der Waals surface area contributed by atoms with Crippen LogP contribution in [-0.4, -0.2) is 31.2 Å². The molecule has 0 radical (unpaired) electrons. The van der Waals surface area contributed by atoms with E-state index in [-0.39, 0.29) is 6.04 Å². The Labute approximate surface area is 176 Å². The van der Waals surface area contributed by atoms with Crippen LogP contribution in [-0.2, 0) is 6.42 Å². The van der Waals surface area contributed by atoms with E-state index in [9.17, 15) is 0 Å². The van der Waals surface area contributed by atoms with Gasteiger partial charge in [0.2, 0.25) is 4.80 Å². The van der Waals surface area contributed by atoms with Gasteiger partial charge in [-0.2, -0.15) is 5.10 Å². The molecule has 3 rings (SSSR count). The number of aryl methyl sites for hydroxylation is 1. The zero-order valence-electron chi connectivity index (χ0n) is 17.5. The maximum absolute atomic E-state index is 5.60. The molecule has 0 amide bonds. The van der Waals surface area contributed by atoms with Gasteiger partial charge in [0, 0.05) is 23.1 Å². The second kappa shape index (κ2) is 9.56. The van der Waals surface area contributed by atoms with Crippen LogP contribution in [0.1, 0.15) is 31.9 Å². The van der Waals surface area contributed by atoms with Crippen LogP contribution in [0.4, 0.5) is 0 Å². The molecule has 6 heteroatoms. The molecule has 2 aromatic carbocycles. The molecule has 1 aromatic heterocycles. The fourth-order valence-electron chi connectivity index (χ4n) is 2.88. The molecule has 0 saturated heterocycles. The fourth-order valence-corrected chi connectivity index (χ4v) is 3.84. The summed E-state index contributed by atoms with van der Waals surface area (Å²) < 4.78 is 12.8. The molecule has 0 spiro atoms. The maximum atomic E-state index is 5.60. The Balaban J connectivity index is 2.10. The molecule has 0 saturated carbocycles. The number of rotatable bonds is 7. The molecule has 0 fully saturated rings. The summed E-state index contributed by atoms with van der Waals surface area (Å²) in [5, 5.41) is 6.82. The summed E-state index contributed by atoms with van der Waals surface area (Å²) in [4.78, 5) is 5.58. The summed E-state index contributed by atoms with van der Waals surface area (Å²) in [6.45, 7) is 6.27. The first-order chi connectivity index (χ1) is 14.0. The van der Waals surface area contributed by atoms with Gasteiger partial charge in [0.05, 0.1) is 26.1 Å². The molecule has 0 N–H and O–H groups in total. The van der Waals surface area contributed by atoms with E-state index in [1.807, 2.05) is 29.1 Å². The minimum atomic E-state index is 0.171. The number of thiazole rings is 1. The van der Waals surface area contributed by atoms with E-state index in [2.05, 4.69) is 50.4 Å². The largest absolute Gasteiger partial charge is 0.497 e. The molecule has 0 aliphatic heterocycles. The molecule has 152 valence electrons. The van der Waals surface area contributed by atoms with Crippen LogP contribution in [0.25, 0.3) is 11.3 Å². The Kier molecular flexibility index (Phi) is 6.88. The second-order valence-electron chi connectivity index (χ2n) is 6.84. The Hall–Kier alpha value is -2.86. The molecular weight excluding hydrogens is 382 g/mol. The summed E-state index contributed by atoms with van der Waals surface area (Å²) in [6.07, 6.45) is 2.89. The lowest BCUT2D eigenvalue weighted by Crippen LogP contribution is -2.14. The fraction of sp³-hybridized carbons (Fsp3) is 0.304. The van der Waals surface area contributed by atoms with Crippen molar-refractivity contribution in [2.24, 2.45) is 10.1 Å². The van der Waals surface area contributed by atoms with Crippen molar-refractivity contribution >= 4 is 17.6 Å². The summed E-state index contributed by atoms with van der Waals surface area (Å²) in [5.41, 5.74) is 4.22. The first-order valence-corrected chi connectivity index (χ1v) is 10.5. The number of benzene rings is 2. The van der Waals surface area contributed by atoms with E-state index in [4.69, 9.17) is 19.6 Å². The zero-order valence-corrected chi connectivity index (χ0v) is 18.4. The van der Waals surface area contributed by atoms with Gasteiger partial charge in [-0.25, -0.2) is 4.68 Å². The van der Waals surface area contributed by atoms with Gasteiger partial charge in [-0.1, -0.05) is 31.2 Å². The van der Waals surface area contributed by atoms with E-state index in [0.29, 0.717) is 0 Å². The zero-order chi connectivity index (χ0) is 20.8. The van der Waals surface area contributed by atoms with Crippen molar-refractivity contribution in [2.75, 3.05) is 14.2 Å². The van der Waals surface area contributed by atoms with E-state index >= 15 is 0 Å². The molecule has 0 unspecified atom stereocenters. The molecule has 1 heterocycles. The third-order valence-corrected chi connectivity index (χ3v) is 5.28. The van der Waals surface area contributed by atoms with Crippen LogP contribution in [0.3, 0.4) is 0 Å². The smallest absolute Gasteiger partial charge is 0.206 e. The van der Waals surface area contributed by atoms with Gasteiger partial charge < -0.3 is 9.47 Å². The molecular formula is C23H27N3O2S. The number of hydrogen-bond donors (Lipinski definition) is 0. The normalized spacial score (nSPS) is 12.1. The van der Waals surface area contributed by atoms with Crippen LogP contribution in [0, 0.1) is 0 Å². The Morgan fingerprint density at radius 3 is 2.45 bits per heavy atom. The highest BCUT2D eigenvalue weighted by Crippen LogP contribution is 2.33. The lowest BCUT2D eigenvalue weighted by Gasteiger charge is -2.11. The third kappa shape index (κ3) is 4.95. The van der Waals surface area contributed by atoms with Crippen LogP contribution in [0.15, 0.2) is 57.9 Å². The van der Waals surface area contributed by atoms with E-state index in [0.717, 1.165) is 39.5 Å². The predicted octanol–water partition coefficient (Wildman–Crippen LogP) is 4.99. The van der Waals surface area contributed by atoms with Crippen molar-refractivity contribution < 1.29 is 9.47 Å². The highest BCUT2D eigenvalue weighted by molar-refractivity contribution is 7.07. The quantitative estimate of drug-likeness (QED) is 0.516. The van der Waals surface area contributed by atoms with Crippen molar-refractivity contribution in [1.29, 1.82) is 0 Å². The average molecular weight is 410 g/mol. The van der Waals surface area contributed by atoms with Crippen LogP contribution in [0.5, 0.6) is 11.5 Å². The van der Waals surface area contributed by atoms with Gasteiger partial charge in [0.15, 0.2) is 0 Å². The number of methoxy groups -OCH3 is 2. The minimum absolute atomic E-state index is 0.171. The van der Waals surface area contributed by atoms with Gasteiger partial charge in [-0.3, -0.25) is 4.99 Å². The van der Waals surface area contributed by atoms with Gasteiger partial charge >= 0.3 is 0 Å². The Morgan fingerprint density at radius 1 is 1.07 bits per heavy atom. The van der Waals surface area contributed by atoms with Crippen molar-refractivity contribution in [3.05, 3.63) is 63.8 Å². The van der Waals surface area contributed by atoms with Crippen molar-refractivity contribution in [3.8, 4) is 22.8 Å². The molecule has 29 heavy (non-hydrogen) atoms. The maximum Gasteiger partial charge on any atom is 0.206 e. The van der Waals surface area contributed by atoms with Gasteiger partial charge in [0.25, 0.3) is 0 Å². The summed E-state index contributed by atoms with van der Waals surface area (Å²) in [7, 11) is 3.31. The van der Waals surface area contributed by atoms with E-state index in [1.54, 1.807) is 25.6 Å². The lowest BCUT2D eigenvalue weighted by molar-refractivity contribution is 0.395. The van der Waals surface area contributed by atoms with Crippen LogP contribution >= 0.6 is 11.3 Å². The summed E-state index contributed by atoms with van der Waals surface area (Å²) in [6, 6.07) is 14.4. The summed E-state index contributed by atoms with van der Waals surface area (Å²) >= 11 is 1.57. The second-order valence-corrected chi connectivity index (χ2v) is 7.68. The highest BCUT2D eigenvalue weighted by atomic mass is 32.1. The number of nitrogens with zero attached hydrogens (tertiary/aromatic N) is 3. The topological polar surface area (TPSA) is 48.1 Å². The highest BCUT2D eigenvalue weighted by Gasteiger charge is 2.14. The standard InChI is InChI=1S/C23H27N3O2S/c1-6-17-7-9-18(10-8-17)14-24-26-21(15-29-23(26)25-16(2)3)20-12-11-19(27-4)13-22(20)28-5/h7-16H,6H2,1-5H3. The Bertz CT molecular complexity index is 1050. The average Bonchev–Trinajstić information content (AvgIpc) is 3.13. The van der Waals surface area contributed by atoms with Crippen molar-refractivity contribution in [1.82, 2.24) is 4.68 Å². The minimum Gasteiger partial charge on any atom is -0.497 e. The van der Waals surface area contributed by atoms with E-state index < -0.39 is 0 Å². The molecule has 0 bridgehead atoms. The number of ether oxygens (including phenoxy) is 2. The number of aromatic nitrogens is 1. The first kappa shape index (κ1) is 20.9. The molecule has 0 aliphatic carbocycles. The van der Waals surface area contributed by atoms with Crippen molar-refractivity contribution in [2.45, 2.75) is 33.2 Å². The first-order valence-electron chi connectivity index (χ1n) is 9.65. The molecule has 0 aliphatic rings. The van der Waals surface area contributed by atoms with Crippen LogP contribution < -0.4 is 14.3 Å². The lowest BCUT2D eigenvalue weighted by atomic mass is 10.1. The monoisotopic (exact) mass is 409 g/mol. The van der Waals surface area contributed by atoms with Crippen molar-refractivity contribution in [3.63, 3.8) is 0 Å². The summed E-state index contributed by atoms with van der Waals surface area (Å²) in [5.74, 6) is 1.48. The van der Waals surface area contributed by atoms with E-state index in [1.165, 1.54) is 5.56 Å². The Morgan fingerprint density at radius 2 is 1.83 bits per heavy atom. The van der Waals surface area contributed by atoms with Crippen LogP contribution in [0.2, 0.25) is 0 Å². The van der Waals surface area contributed by atoms with Gasteiger partial charge in [-0.05, 0) is 43.5 Å². The predicted molar refractivity (Wildman–Crippen MR) is 120 cm³/mol. The third-order valence-electron chi connectivity index (χ3n) is 4.45. The molecule has 5 nitrogen and oxygen atoms in total. The van der Waals surface area contributed by atoms with Gasteiger partial charge in [-0.15, -0.1) is 11.3 Å².